The van der Waals surface area contributed by atoms with Crippen molar-refractivity contribution in [3.63, 3.8) is 0 Å². The minimum Gasteiger partial charge on any atom is -0.457 e. The summed E-state index contributed by atoms with van der Waals surface area (Å²) in [5.74, 6) is 1.83. The van der Waals surface area contributed by atoms with Crippen molar-refractivity contribution in [2.75, 3.05) is 0 Å². The van der Waals surface area contributed by atoms with Gasteiger partial charge in [-0.15, -0.1) is 5.10 Å². The Morgan fingerprint density at radius 3 is 2.68 bits per heavy atom. The van der Waals surface area contributed by atoms with Gasteiger partial charge in [0.25, 0.3) is 5.56 Å². The minimum absolute atomic E-state index is 0.218. The van der Waals surface area contributed by atoms with Gasteiger partial charge in [-0.05, 0) is 36.4 Å². The zero-order valence-electron chi connectivity index (χ0n) is 14.2. The first kappa shape index (κ1) is 17.0. The van der Waals surface area contributed by atoms with E-state index >= 15 is 0 Å². The van der Waals surface area contributed by atoms with Crippen LogP contribution in [0.15, 0.2) is 74.6 Å². The van der Waals surface area contributed by atoms with Crippen molar-refractivity contribution in [1.29, 1.82) is 0 Å². The number of hydrogen-bond acceptors (Lipinski definition) is 6. The summed E-state index contributed by atoms with van der Waals surface area (Å²) in [4.78, 5) is 21.7. The Morgan fingerprint density at radius 1 is 1.07 bits per heavy atom. The lowest BCUT2D eigenvalue weighted by molar-refractivity contribution is 0.571. The molecule has 0 radical (unpaired) electrons. The molecule has 5 rings (SSSR count). The molecule has 0 spiro atoms. The van der Waals surface area contributed by atoms with Crippen molar-refractivity contribution >= 4 is 38.3 Å². The lowest BCUT2D eigenvalue weighted by atomic mass is 10.2. The maximum atomic E-state index is 12.7. The van der Waals surface area contributed by atoms with Crippen molar-refractivity contribution < 1.29 is 4.42 Å². The minimum atomic E-state index is -0.218. The molecule has 8 heteroatoms. The van der Waals surface area contributed by atoms with Crippen molar-refractivity contribution in [3.05, 3.63) is 86.0 Å². The molecule has 4 heterocycles. The molecule has 0 aliphatic heterocycles. The molecule has 136 valence electrons. The van der Waals surface area contributed by atoms with Crippen LogP contribution in [-0.4, -0.2) is 19.6 Å². The van der Waals surface area contributed by atoms with Crippen LogP contribution in [0.5, 0.6) is 0 Å². The van der Waals surface area contributed by atoms with Crippen LogP contribution < -0.4 is 10.1 Å². The summed E-state index contributed by atoms with van der Waals surface area (Å²) in [5, 5.41) is 4.31. The average Bonchev–Trinajstić information content (AvgIpc) is 3.41. The van der Waals surface area contributed by atoms with Gasteiger partial charge < -0.3 is 4.42 Å². The number of aromatic nitrogens is 4. The molecule has 1 aromatic carbocycles. The van der Waals surface area contributed by atoms with Crippen LogP contribution in [0, 0.1) is 0 Å². The normalized spacial score (nSPS) is 12.1. The second-order valence-electron chi connectivity index (χ2n) is 6.00. The topological polar surface area (TPSA) is 73.3 Å². The number of thiazole rings is 1. The Kier molecular flexibility index (Phi) is 4.14. The van der Waals surface area contributed by atoms with Gasteiger partial charge >= 0.3 is 0 Å². The molecule has 0 unspecified atom stereocenters. The van der Waals surface area contributed by atoms with Gasteiger partial charge in [-0.25, -0.2) is 0 Å². The van der Waals surface area contributed by atoms with Gasteiger partial charge in [0.15, 0.2) is 5.82 Å². The fourth-order valence-corrected chi connectivity index (χ4v) is 3.93. The highest BCUT2D eigenvalue weighted by Crippen LogP contribution is 2.24. The maximum Gasteiger partial charge on any atom is 0.291 e. The second kappa shape index (κ2) is 6.81. The molecule has 0 atom stereocenters. The number of benzene rings is 1. The highest BCUT2D eigenvalue weighted by atomic mass is 79.9. The summed E-state index contributed by atoms with van der Waals surface area (Å²) in [6.07, 6.45) is 5.07. The Bertz CT molecular complexity index is 1390. The quantitative estimate of drug-likeness (QED) is 0.418. The molecule has 0 saturated carbocycles. The van der Waals surface area contributed by atoms with E-state index < -0.39 is 0 Å². The van der Waals surface area contributed by atoms with Gasteiger partial charge in [-0.2, -0.15) is 9.50 Å². The number of hydrogen-bond donors (Lipinski definition) is 0. The van der Waals surface area contributed by atoms with Crippen LogP contribution in [0.1, 0.15) is 5.76 Å². The fraction of sp³-hybridized carbons (Fsp3) is 0. The molecule has 0 bridgehead atoms. The largest absolute Gasteiger partial charge is 0.457 e. The van der Waals surface area contributed by atoms with Crippen molar-refractivity contribution in [2.24, 2.45) is 0 Å². The van der Waals surface area contributed by atoms with E-state index in [9.17, 15) is 4.79 Å². The van der Waals surface area contributed by atoms with E-state index in [-0.39, 0.29) is 5.56 Å². The monoisotopic (exact) mass is 450 g/mol. The Hall–Kier alpha value is -3.10. The Balaban J connectivity index is 1.52. The SMILES string of the molecule is O=c1/c(=C/c2ccc(-c3ccc(Br)cc3)o2)sc2nc(-c3cccnc3)nn12. The first-order chi connectivity index (χ1) is 13.7. The lowest BCUT2D eigenvalue weighted by Gasteiger charge is -1.96. The van der Waals surface area contributed by atoms with Crippen molar-refractivity contribution in [3.8, 4) is 22.7 Å². The first-order valence-electron chi connectivity index (χ1n) is 8.35. The van der Waals surface area contributed by atoms with Gasteiger partial charge in [0.05, 0.1) is 0 Å². The van der Waals surface area contributed by atoms with Crippen LogP contribution in [0.4, 0.5) is 0 Å². The summed E-state index contributed by atoms with van der Waals surface area (Å²) >= 11 is 4.70. The number of halogens is 1. The highest BCUT2D eigenvalue weighted by molar-refractivity contribution is 9.10. The number of rotatable bonds is 3. The summed E-state index contributed by atoms with van der Waals surface area (Å²) < 4.78 is 8.71. The van der Waals surface area contributed by atoms with E-state index in [1.807, 2.05) is 48.5 Å². The van der Waals surface area contributed by atoms with E-state index in [1.54, 1.807) is 18.5 Å². The van der Waals surface area contributed by atoms with E-state index in [0.29, 0.717) is 21.1 Å². The molecule has 28 heavy (non-hydrogen) atoms. The smallest absolute Gasteiger partial charge is 0.291 e. The van der Waals surface area contributed by atoms with Crippen LogP contribution in [0.2, 0.25) is 0 Å². The van der Waals surface area contributed by atoms with E-state index in [0.717, 1.165) is 21.4 Å². The molecular weight excluding hydrogens is 440 g/mol. The zero-order chi connectivity index (χ0) is 19.1. The third-order valence-corrected chi connectivity index (χ3v) is 5.62. The number of nitrogens with zero attached hydrogens (tertiary/aromatic N) is 4. The van der Waals surface area contributed by atoms with Crippen LogP contribution in [-0.2, 0) is 0 Å². The molecule has 0 aliphatic carbocycles. The standard InChI is InChI=1S/C20H11BrN4O2S/c21-14-5-3-12(4-6-14)16-8-7-15(27-16)10-17-19(26)25-20(28-17)23-18(24-25)13-2-1-9-22-11-13/h1-11H/b17-10-. The molecule has 6 nitrogen and oxygen atoms in total. The highest BCUT2D eigenvalue weighted by Gasteiger charge is 2.12. The predicted molar refractivity (Wildman–Crippen MR) is 111 cm³/mol. The summed E-state index contributed by atoms with van der Waals surface area (Å²) in [6.45, 7) is 0. The molecule has 0 fully saturated rings. The maximum absolute atomic E-state index is 12.7. The summed E-state index contributed by atoms with van der Waals surface area (Å²) in [6, 6.07) is 15.2. The first-order valence-corrected chi connectivity index (χ1v) is 9.96. The molecule has 0 amide bonds. The number of pyridine rings is 1. The molecule has 4 aromatic heterocycles. The third-order valence-electron chi connectivity index (χ3n) is 4.13. The van der Waals surface area contributed by atoms with Crippen molar-refractivity contribution in [2.45, 2.75) is 0 Å². The van der Waals surface area contributed by atoms with Crippen molar-refractivity contribution in [1.82, 2.24) is 19.6 Å². The third kappa shape index (κ3) is 3.06. The Labute approximate surface area is 170 Å². The van der Waals surface area contributed by atoms with Gasteiger partial charge in [0.1, 0.15) is 16.1 Å². The van der Waals surface area contributed by atoms with Crippen LogP contribution in [0.3, 0.4) is 0 Å². The average molecular weight is 451 g/mol. The zero-order valence-corrected chi connectivity index (χ0v) is 16.6. The van der Waals surface area contributed by atoms with Gasteiger partial charge in [0, 0.05) is 34.1 Å². The van der Waals surface area contributed by atoms with Gasteiger partial charge in [-0.3, -0.25) is 9.78 Å². The van der Waals surface area contributed by atoms with Gasteiger partial charge in [-0.1, -0.05) is 39.4 Å². The summed E-state index contributed by atoms with van der Waals surface area (Å²) in [5.41, 5.74) is 1.52. The fourth-order valence-electron chi connectivity index (χ4n) is 2.78. The lowest BCUT2D eigenvalue weighted by Crippen LogP contribution is -2.23. The molecule has 0 saturated heterocycles. The summed E-state index contributed by atoms with van der Waals surface area (Å²) in [7, 11) is 0. The molecular formula is C20H11BrN4O2S. The molecule has 5 aromatic rings. The molecule has 0 aliphatic rings. The van der Waals surface area contributed by atoms with E-state index in [2.05, 4.69) is 31.0 Å². The predicted octanol–water partition coefficient (Wildman–Crippen LogP) is 3.78. The second-order valence-corrected chi connectivity index (χ2v) is 7.92. The van der Waals surface area contributed by atoms with Crippen LogP contribution >= 0.6 is 27.3 Å². The van der Waals surface area contributed by atoms with Gasteiger partial charge in [0.2, 0.25) is 4.96 Å². The van der Waals surface area contributed by atoms with E-state index in [1.165, 1.54) is 15.9 Å². The van der Waals surface area contributed by atoms with Crippen LogP contribution in [0.25, 0.3) is 33.7 Å². The number of fused-ring (bicyclic) bond motifs is 1. The Morgan fingerprint density at radius 2 is 1.93 bits per heavy atom. The molecule has 0 N–H and O–H groups in total. The number of furan rings is 1. The van der Waals surface area contributed by atoms with E-state index in [4.69, 9.17) is 4.42 Å².